The van der Waals surface area contributed by atoms with Crippen LogP contribution in [0.15, 0.2) is 24.5 Å². The van der Waals surface area contributed by atoms with Crippen molar-refractivity contribution < 1.29 is 9.18 Å². The quantitative estimate of drug-likeness (QED) is 0.846. The first-order valence-corrected chi connectivity index (χ1v) is 8.86. The summed E-state index contributed by atoms with van der Waals surface area (Å²) < 4.78 is 13.6. The lowest BCUT2D eigenvalue weighted by molar-refractivity contribution is -0.131. The van der Waals surface area contributed by atoms with Gasteiger partial charge in [-0.25, -0.2) is 14.4 Å². The van der Waals surface area contributed by atoms with Crippen LogP contribution in [0, 0.1) is 5.82 Å². The third-order valence-corrected chi connectivity index (χ3v) is 5.07. The van der Waals surface area contributed by atoms with Gasteiger partial charge in [0.15, 0.2) is 0 Å². The fraction of sp³-hybridized carbons (Fsp3) is 0.500. The van der Waals surface area contributed by atoms with Crippen molar-refractivity contribution >= 4 is 22.6 Å². The average molecular weight is 343 g/mol. The molecule has 0 unspecified atom stereocenters. The molecule has 0 spiro atoms. The van der Waals surface area contributed by atoms with Gasteiger partial charge in [0, 0.05) is 44.7 Å². The van der Waals surface area contributed by atoms with Crippen LogP contribution in [0.25, 0.3) is 10.9 Å². The predicted octanol–water partition coefficient (Wildman–Crippen LogP) is 1.51. The summed E-state index contributed by atoms with van der Waals surface area (Å²) in [6, 6.07) is 4.59. The minimum Gasteiger partial charge on any atom is -0.353 e. The summed E-state index contributed by atoms with van der Waals surface area (Å²) in [6.45, 7) is 5.45. The molecule has 0 radical (unpaired) electrons. The van der Waals surface area contributed by atoms with Crippen LogP contribution in [-0.4, -0.2) is 71.5 Å². The van der Waals surface area contributed by atoms with E-state index in [9.17, 15) is 9.18 Å². The van der Waals surface area contributed by atoms with E-state index in [0.29, 0.717) is 6.54 Å². The summed E-state index contributed by atoms with van der Waals surface area (Å²) in [5.74, 6) is 0.730. The molecule has 0 atom stereocenters. The van der Waals surface area contributed by atoms with Crippen LogP contribution in [0.1, 0.15) is 12.8 Å². The van der Waals surface area contributed by atoms with Crippen molar-refractivity contribution in [1.82, 2.24) is 19.8 Å². The molecular weight excluding hydrogens is 321 g/mol. The molecule has 2 aliphatic rings. The molecule has 1 aromatic heterocycles. The number of hydrogen-bond acceptors (Lipinski definition) is 5. The van der Waals surface area contributed by atoms with Crippen molar-refractivity contribution in [2.45, 2.75) is 12.8 Å². The molecule has 2 aromatic rings. The minimum atomic E-state index is -0.279. The van der Waals surface area contributed by atoms with Crippen molar-refractivity contribution in [1.29, 1.82) is 0 Å². The number of aromatic nitrogens is 2. The van der Waals surface area contributed by atoms with E-state index in [2.05, 4.69) is 19.8 Å². The van der Waals surface area contributed by atoms with Crippen LogP contribution in [-0.2, 0) is 4.79 Å². The van der Waals surface area contributed by atoms with Crippen LogP contribution >= 0.6 is 0 Å². The van der Waals surface area contributed by atoms with E-state index in [4.69, 9.17) is 0 Å². The number of amides is 1. The average Bonchev–Trinajstić information content (AvgIpc) is 3.17. The number of rotatable bonds is 3. The van der Waals surface area contributed by atoms with Gasteiger partial charge in [-0.1, -0.05) is 0 Å². The second kappa shape index (κ2) is 6.92. The van der Waals surface area contributed by atoms with Gasteiger partial charge in [-0.3, -0.25) is 9.69 Å². The highest BCUT2D eigenvalue weighted by atomic mass is 19.1. The number of piperazine rings is 1. The number of anilines is 1. The van der Waals surface area contributed by atoms with Crippen molar-refractivity contribution in [3.05, 3.63) is 30.3 Å². The van der Waals surface area contributed by atoms with Gasteiger partial charge in [0.05, 0.1) is 12.1 Å². The molecule has 0 N–H and O–H groups in total. The molecule has 1 aromatic carbocycles. The molecule has 0 bridgehead atoms. The van der Waals surface area contributed by atoms with Gasteiger partial charge < -0.3 is 9.80 Å². The second-order valence-corrected chi connectivity index (χ2v) is 6.71. The SMILES string of the molecule is O=C(CN1CCN(c2ncnc3ccc(F)cc23)CC1)N1CCCC1. The molecule has 25 heavy (non-hydrogen) atoms. The lowest BCUT2D eigenvalue weighted by Crippen LogP contribution is -2.50. The van der Waals surface area contributed by atoms with E-state index >= 15 is 0 Å². The smallest absolute Gasteiger partial charge is 0.236 e. The lowest BCUT2D eigenvalue weighted by Gasteiger charge is -2.36. The number of nitrogens with zero attached hydrogens (tertiary/aromatic N) is 5. The number of fused-ring (bicyclic) bond motifs is 1. The molecule has 2 fully saturated rings. The van der Waals surface area contributed by atoms with Gasteiger partial charge in [-0.15, -0.1) is 0 Å². The van der Waals surface area contributed by atoms with E-state index < -0.39 is 0 Å². The van der Waals surface area contributed by atoms with E-state index in [1.807, 2.05) is 4.90 Å². The maximum atomic E-state index is 13.6. The molecule has 2 aliphatic heterocycles. The zero-order valence-electron chi connectivity index (χ0n) is 14.2. The fourth-order valence-corrected chi connectivity index (χ4v) is 3.64. The largest absolute Gasteiger partial charge is 0.353 e. The Morgan fingerprint density at radius 3 is 2.56 bits per heavy atom. The monoisotopic (exact) mass is 343 g/mol. The summed E-state index contributed by atoms with van der Waals surface area (Å²) in [7, 11) is 0. The zero-order chi connectivity index (χ0) is 17.2. The highest BCUT2D eigenvalue weighted by Crippen LogP contribution is 2.24. The number of halogens is 1. The normalized spacial score (nSPS) is 18.9. The maximum Gasteiger partial charge on any atom is 0.236 e. The first kappa shape index (κ1) is 16.2. The second-order valence-electron chi connectivity index (χ2n) is 6.71. The molecule has 4 rings (SSSR count). The van der Waals surface area contributed by atoms with Gasteiger partial charge in [0.1, 0.15) is 18.0 Å². The molecule has 132 valence electrons. The number of benzene rings is 1. The van der Waals surface area contributed by atoms with Crippen LogP contribution in [0.3, 0.4) is 0 Å². The van der Waals surface area contributed by atoms with Gasteiger partial charge in [-0.05, 0) is 31.0 Å². The highest BCUT2D eigenvalue weighted by molar-refractivity contribution is 5.89. The minimum absolute atomic E-state index is 0.237. The van der Waals surface area contributed by atoms with Gasteiger partial charge in [-0.2, -0.15) is 0 Å². The number of likely N-dealkylation sites (tertiary alicyclic amines) is 1. The lowest BCUT2D eigenvalue weighted by atomic mass is 10.2. The molecule has 1 amide bonds. The first-order chi connectivity index (χ1) is 12.2. The Morgan fingerprint density at radius 2 is 1.80 bits per heavy atom. The summed E-state index contributed by atoms with van der Waals surface area (Å²) in [6.07, 6.45) is 3.77. The van der Waals surface area contributed by atoms with Crippen molar-refractivity contribution in [3.8, 4) is 0 Å². The first-order valence-electron chi connectivity index (χ1n) is 8.86. The summed E-state index contributed by atoms with van der Waals surface area (Å²) >= 11 is 0. The van der Waals surface area contributed by atoms with Crippen molar-refractivity contribution in [3.63, 3.8) is 0 Å². The molecule has 6 nitrogen and oxygen atoms in total. The summed E-state index contributed by atoms with van der Waals surface area (Å²) in [5.41, 5.74) is 0.748. The van der Waals surface area contributed by atoms with Gasteiger partial charge in [0.25, 0.3) is 0 Å². The van der Waals surface area contributed by atoms with E-state index in [0.717, 1.165) is 68.8 Å². The van der Waals surface area contributed by atoms with Crippen LogP contribution < -0.4 is 4.90 Å². The summed E-state index contributed by atoms with van der Waals surface area (Å²) in [5, 5.41) is 0.740. The Kier molecular flexibility index (Phi) is 4.48. The van der Waals surface area contributed by atoms with Gasteiger partial charge in [0.2, 0.25) is 5.91 Å². The fourth-order valence-electron chi connectivity index (χ4n) is 3.64. The van der Waals surface area contributed by atoms with Crippen LogP contribution in [0.4, 0.5) is 10.2 Å². The Hall–Kier alpha value is -2.28. The Morgan fingerprint density at radius 1 is 1.04 bits per heavy atom. The van der Waals surface area contributed by atoms with Crippen molar-refractivity contribution in [2.24, 2.45) is 0 Å². The number of hydrogen-bond donors (Lipinski definition) is 0. The third-order valence-electron chi connectivity index (χ3n) is 5.07. The maximum absolute atomic E-state index is 13.6. The highest BCUT2D eigenvalue weighted by Gasteiger charge is 2.24. The molecule has 3 heterocycles. The molecule has 2 saturated heterocycles. The summed E-state index contributed by atoms with van der Waals surface area (Å²) in [4.78, 5) is 27.2. The third kappa shape index (κ3) is 3.42. The van der Waals surface area contributed by atoms with Gasteiger partial charge >= 0.3 is 0 Å². The standard InChI is InChI=1S/C18H22FN5O/c19-14-3-4-16-15(11-14)18(21-13-20-16)24-9-7-22(8-10-24)12-17(25)23-5-1-2-6-23/h3-4,11,13H,1-2,5-10,12H2. The molecular formula is C18H22FN5O. The van der Waals surface area contributed by atoms with E-state index in [1.54, 1.807) is 6.07 Å². The Labute approximate surface area is 146 Å². The molecule has 0 saturated carbocycles. The Balaban J connectivity index is 1.42. The van der Waals surface area contributed by atoms with Crippen LogP contribution in [0.5, 0.6) is 0 Å². The van der Waals surface area contributed by atoms with Crippen LogP contribution in [0.2, 0.25) is 0 Å². The number of carbonyl (C=O) groups is 1. The number of carbonyl (C=O) groups excluding carboxylic acids is 1. The molecule has 7 heteroatoms. The topological polar surface area (TPSA) is 52.6 Å². The molecule has 0 aliphatic carbocycles. The van der Waals surface area contributed by atoms with E-state index in [-0.39, 0.29) is 11.7 Å². The van der Waals surface area contributed by atoms with E-state index in [1.165, 1.54) is 18.5 Å². The zero-order valence-corrected chi connectivity index (χ0v) is 14.2. The predicted molar refractivity (Wildman–Crippen MR) is 94.0 cm³/mol. The Bertz CT molecular complexity index is 769. The van der Waals surface area contributed by atoms with Crippen molar-refractivity contribution in [2.75, 3.05) is 50.7 Å².